The van der Waals surface area contributed by atoms with Gasteiger partial charge in [-0.2, -0.15) is 0 Å². The molecule has 3 rings (SSSR count). The van der Waals surface area contributed by atoms with Gasteiger partial charge in [0, 0.05) is 36.4 Å². The molecule has 22 heavy (non-hydrogen) atoms. The van der Waals surface area contributed by atoms with E-state index in [0.717, 1.165) is 32.2 Å². The maximum Gasteiger partial charge on any atom is 0.122 e. The summed E-state index contributed by atoms with van der Waals surface area (Å²) in [5, 5.41) is 10.2. The van der Waals surface area contributed by atoms with Gasteiger partial charge in [-0.25, -0.2) is 4.98 Å². The lowest BCUT2D eigenvalue weighted by molar-refractivity contribution is 0.282. The van der Waals surface area contributed by atoms with Gasteiger partial charge in [-0.1, -0.05) is 31.0 Å². The van der Waals surface area contributed by atoms with Crippen molar-refractivity contribution in [1.29, 1.82) is 0 Å². The SMILES string of the molecule is Cc1c(-n2ccnc2)n(CCCCCCO)c2ccccc12. The van der Waals surface area contributed by atoms with Crippen molar-refractivity contribution in [1.82, 2.24) is 14.1 Å². The number of benzene rings is 1. The van der Waals surface area contributed by atoms with Gasteiger partial charge in [-0.05, 0) is 31.4 Å². The van der Waals surface area contributed by atoms with Crippen molar-refractivity contribution in [3.05, 3.63) is 48.5 Å². The summed E-state index contributed by atoms with van der Waals surface area (Å²) in [6.45, 7) is 3.47. The first-order valence-electron chi connectivity index (χ1n) is 8.00. The van der Waals surface area contributed by atoms with Crippen LogP contribution in [0.3, 0.4) is 0 Å². The lowest BCUT2D eigenvalue weighted by atomic mass is 10.2. The van der Waals surface area contributed by atoms with E-state index in [1.165, 1.54) is 22.3 Å². The molecule has 0 radical (unpaired) electrons. The van der Waals surface area contributed by atoms with Crippen LogP contribution in [0.2, 0.25) is 0 Å². The maximum absolute atomic E-state index is 8.88. The summed E-state index contributed by atoms with van der Waals surface area (Å²) in [6.07, 6.45) is 9.96. The lowest BCUT2D eigenvalue weighted by Gasteiger charge is -2.12. The Bertz CT molecular complexity index is 728. The van der Waals surface area contributed by atoms with Crippen LogP contribution in [0, 0.1) is 6.92 Å². The van der Waals surface area contributed by atoms with Crippen LogP contribution in [-0.4, -0.2) is 25.8 Å². The lowest BCUT2D eigenvalue weighted by Crippen LogP contribution is -2.06. The van der Waals surface area contributed by atoms with Crippen LogP contribution in [0.5, 0.6) is 0 Å². The summed E-state index contributed by atoms with van der Waals surface area (Å²) in [6, 6.07) is 8.57. The number of imidazole rings is 1. The molecule has 1 aromatic carbocycles. The van der Waals surface area contributed by atoms with Crippen LogP contribution in [0.1, 0.15) is 31.2 Å². The van der Waals surface area contributed by atoms with Gasteiger partial charge in [0.1, 0.15) is 12.1 Å². The molecule has 1 N–H and O–H groups in total. The highest BCUT2D eigenvalue weighted by Gasteiger charge is 2.14. The maximum atomic E-state index is 8.88. The van der Waals surface area contributed by atoms with Crippen molar-refractivity contribution >= 4 is 10.9 Å². The Morgan fingerprint density at radius 2 is 1.91 bits per heavy atom. The first-order chi connectivity index (χ1) is 10.8. The van der Waals surface area contributed by atoms with E-state index < -0.39 is 0 Å². The van der Waals surface area contributed by atoms with Gasteiger partial charge in [0.05, 0.1) is 0 Å². The van der Waals surface area contributed by atoms with Crippen molar-refractivity contribution in [3.63, 3.8) is 0 Å². The standard InChI is InChI=1S/C18H23N3O/c1-15-16-8-4-5-9-17(16)21(11-6-2-3-7-13-22)18(15)20-12-10-19-14-20/h4-5,8-10,12,14,22H,2-3,6-7,11,13H2,1H3. The zero-order valence-corrected chi connectivity index (χ0v) is 13.1. The molecule has 0 aliphatic rings. The average molecular weight is 297 g/mol. The van der Waals surface area contributed by atoms with E-state index in [2.05, 4.69) is 45.3 Å². The van der Waals surface area contributed by atoms with Gasteiger partial charge >= 0.3 is 0 Å². The van der Waals surface area contributed by atoms with Gasteiger partial charge in [-0.15, -0.1) is 0 Å². The monoisotopic (exact) mass is 297 g/mol. The normalized spacial score (nSPS) is 11.4. The second-order valence-electron chi connectivity index (χ2n) is 5.73. The summed E-state index contributed by atoms with van der Waals surface area (Å²) in [7, 11) is 0. The number of para-hydroxylation sites is 1. The van der Waals surface area contributed by atoms with Crippen molar-refractivity contribution in [2.24, 2.45) is 0 Å². The van der Waals surface area contributed by atoms with E-state index in [1.807, 2.05) is 18.7 Å². The molecule has 0 atom stereocenters. The second kappa shape index (κ2) is 6.79. The van der Waals surface area contributed by atoms with Gasteiger partial charge in [-0.3, -0.25) is 4.57 Å². The van der Waals surface area contributed by atoms with Crippen LogP contribution in [0.25, 0.3) is 16.7 Å². The number of aryl methyl sites for hydroxylation is 2. The number of hydrogen-bond donors (Lipinski definition) is 1. The topological polar surface area (TPSA) is 43.0 Å². The van der Waals surface area contributed by atoms with Crippen LogP contribution in [0.4, 0.5) is 0 Å². The molecule has 0 amide bonds. The van der Waals surface area contributed by atoms with Gasteiger partial charge in [0.25, 0.3) is 0 Å². The molecule has 0 saturated carbocycles. The van der Waals surface area contributed by atoms with E-state index in [0.29, 0.717) is 6.61 Å². The molecule has 0 aliphatic heterocycles. The minimum atomic E-state index is 0.297. The highest BCUT2D eigenvalue weighted by Crippen LogP contribution is 2.28. The summed E-state index contributed by atoms with van der Waals surface area (Å²) < 4.78 is 4.49. The van der Waals surface area contributed by atoms with Crippen LogP contribution < -0.4 is 0 Å². The van der Waals surface area contributed by atoms with Crippen molar-refractivity contribution in [3.8, 4) is 5.82 Å². The smallest absolute Gasteiger partial charge is 0.122 e. The number of aliphatic hydroxyl groups excluding tert-OH is 1. The first-order valence-corrected chi connectivity index (χ1v) is 8.00. The van der Waals surface area contributed by atoms with Crippen LogP contribution in [0.15, 0.2) is 43.0 Å². The van der Waals surface area contributed by atoms with E-state index in [4.69, 9.17) is 5.11 Å². The fourth-order valence-corrected chi connectivity index (χ4v) is 3.14. The summed E-state index contributed by atoms with van der Waals surface area (Å²) in [5.74, 6) is 1.21. The zero-order chi connectivity index (χ0) is 15.4. The fraction of sp³-hybridized carbons (Fsp3) is 0.389. The molecular weight excluding hydrogens is 274 g/mol. The highest BCUT2D eigenvalue weighted by atomic mass is 16.2. The summed E-state index contributed by atoms with van der Waals surface area (Å²) in [4.78, 5) is 4.19. The minimum absolute atomic E-state index is 0.297. The first kappa shape index (κ1) is 14.9. The van der Waals surface area contributed by atoms with Gasteiger partial charge in [0.15, 0.2) is 0 Å². The number of unbranched alkanes of at least 4 members (excludes halogenated alkanes) is 3. The number of hydrogen-bond acceptors (Lipinski definition) is 2. The Morgan fingerprint density at radius 3 is 2.68 bits per heavy atom. The number of nitrogens with zero attached hydrogens (tertiary/aromatic N) is 3. The van der Waals surface area contributed by atoms with Crippen molar-refractivity contribution in [2.75, 3.05) is 6.61 Å². The quantitative estimate of drug-likeness (QED) is 0.676. The van der Waals surface area contributed by atoms with E-state index in [-0.39, 0.29) is 0 Å². The molecule has 2 aromatic heterocycles. The Balaban J connectivity index is 1.94. The fourth-order valence-electron chi connectivity index (χ4n) is 3.14. The van der Waals surface area contributed by atoms with E-state index in [1.54, 1.807) is 0 Å². The molecule has 2 heterocycles. The van der Waals surface area contributed by atoms with Crippen molar-refractivity contribution in [2.45, 2.75) is 39.2 Å². The Labute approximate surface area is 131 Å². The Hall–Kier alpha value is -2.07. The number of aromatic nitrogens is 3. The third-order valence-electron chi connectivity index (χ3n) is 4.23. The average Bonchev–Trinajstić information content (AvgIpc) is 3.15. The van der Waals surface area contributed by atoms with Gasteiger partial charge < -0.3 is 9.67 Å². The van der Waals surface area contributed by atoms with E-state index >= 15 is 0 Å². The molecular formula is C18H23N3O. The highest BCUT2D eigenvalue weighted by molar-refractivity contribution is 5.87. The molecule has 4 heteroatoms. The predicted molar refractivity (Wildman–Crippen MR) is 89.4 cm³/mol. The molecule has 4 nitrogen and oxygen atoms in total. The Morgan fingerprint density at radius 1 is 1.09 bits per heavy atom. The van der Waals surface area contributed by atoms with Crippen molar-refractivity contribution < 1.29 is 5.11 Å². The number of rotatable bonds is 7. The zero-order valence-electron chi connectivity index (χ0n) is 13.1. The molecule has 0 aliphatic carbocycles. The third kappa shape index (κ3) is 2.79. The number of aliphatic hydroxyl groups is 1. The third-order valence-corrected chi connectivity index (χ3v) is 4.23. The molecule has 3 aromatic rings. The van der Waals surface area contributed by atoms with Gasteiger partial charge in [0.2, 0.25) is 0 Å². The summed E-state index contributed by atoms with van der Waals surface area (Å²) in [5.41, 5.74) is 2.58. The number of fused-ring (bicyclic) bond motifs is 1. The molecule has 0 fully saturated rings. The predicted octanol–water partition coefficient (Wildman–Crippen LogP) is 3.69. The Kier molecular flexibility index (Phi) is 4.59. The van der Waals surface area contributed by atoms with Crippen LogP contribution in [-0.2, 0) is 6.54 Å². The summed E-state index contributed by atoms with van der Waals surface area (Å²) >= 11 is 0. The van der Waals surface area contributed by atoms with E-state index in [9.17, 15) is 0 Å². The molecule has 0 bridgehead atoms. The molecule has 0 saturated heterocycles. The molecule has 116 valence electrons. The second-order valence-corrected chi connectivity index (χ2v) is 5.73. The minimum Gasteiger partial charge on any atom is -0.396 e. The largest absolute Gasteiger partial charge is 0.396 e. The molecule has 0 unspecified atom stereocenters. The van der Waals surface area contributed by atoms with Crippen LogP contribution >= 0.6 is 0 Å². The molecule has 0 spiro atoms.